The Morgan fingerprint density at radius 2 is 1.16 bits per heavy atom. The molecule has 0 spiro atoms. The normalized spacial score (nSPS) is 13.2. The Labute approximate surface area is 192 Å². The van der Waals surface area contributed by atoms with E-state index in [1.54, 1.807) is 0 Å². The van der Waals surface area contributed by atoms with Crippen molar-refractivity contribution in [2.45, 2.75) is 33.1 Å². The first kappa shape index (κ1) is 20.6. The molecule has 0 saturated heterocycles. The van der Waals surface area contributed by atoms with Crippen molar-refractivity contribution in [2.75, 3.05) is 11.4 Å². The average molecular weight is 418 g/mol. The van der Waals surface area contributed by atoms with E-state index >= 15 is 0 Å². The summed E-state index contributed by atoms with van der Waals surface area (Å²) in [5, 5.41) is 0. The van der Waals surface area contributed by atoms with Crippen LogP contribution in [0.2, 0.25) is 0 Å². The fourth-order valence-corrected chi connectivity index (χ4v) is 4.47. The number of aryl methyl sites for hydroxylation is 2. The van der Waals surface area contributed by atoms with Crippen LogP contribution in [0.15, 0.2) is 97.1 Å². The van der Waals surface area contributed by atoms with Crippen molar-refractivity contribution in [2.24, 2.45) is 5.92 Å². The van der Waals surface area contributed by atoms with Gasteiger partial charge in [0.2, 0.25) is 0 Å². The van der Waals surface area contributed by atoms with E-state index in [0.29, 0.717) is 5.92 Å². The molecule has 1 nitrogen and oxygen atoms in total. The van der Waals surface area contributed by atoms with Crippen LogP contribution in [0.5, 0.6) is 0 Å². The highest BCUT2D eigenvalue weighted by atomic mass is 15.1. The van der Waals surface area contributed by atoms with Crippen LogP contribution in [0.1, 0.15) is 31.4 Å². The van der Waals surface area contributed by atoms with Crippen molar-refractivity contribution in [3.63, 3.8) is 0 Å². The zero-order valence-corrected chi connectivity index (χ0v) is 19.1. The van der Waals surface area contributed by atoms with Crippen molar-refractivity contribution in [3.8, 4) is 22.3 Å². The quantitative estimate of drug-likeness (QED) is 0.292. The lowest BCUT2D eigenvalue weighted by Crippen LogP contribution is -2.23. The maximum Gasteiger partial charge on any atom is 0.0411 e. The van der Waals surface area contributed by atoms with Gasteiger partial charge in [-0.1, -0.05) is 93.1 Å². The van der Waals surface area contributed by atoms with Crippen LogP contribution in [0.4, 0.5) is 11.4 Å². The Kier molecular flexibility index (Phi) is 5.81. The molecule has 0 N–H and O–H groups in total. The number of hydrogen-bond donors (Lipinski definition) is 0. The zero-order chi connectivity index (χ0) is 21.9. The molecule has 0 amide bonds. The minimum atomic E-state index is 0.622. The number of hydrogen-bond acceptors (Lipinski definition) is 1. The molecule has 4 aromatic rings. The Morgan fingerprint density at radius 3 is 1.69 bits per heavy atom. The van der Waals surface area contributed by atoms with E-state index in [4.69, 9.17) is 0 Å². The summed E-state index contributed by atoms with van der Waals surface area (Å²) in [7, 11) is 0. The second kappa shape index (κ2) is 9.04. The second-order valence-electron chi connectivity index (χ2n) is 9.07. The predicted octanol–water partition coefficient (Wildman–Crippen LogP) is 8.30. The summed E-state index contributed by atoms with van der Waals surface area (Å²) in [5.74, 6) is 0.622. The van der Waals surface area contributed by atoms with E-state index in [0.717, 1.165) is 6.54 Å². The molecule has 0 radical (unpaired) electrons. The monoisotopic (exact) mass is 417 g/mol. The van der Waals surface area contributed by atoms with Crippen LogP contribution >= 0.6 is 0 Å². The first-order valence-electron chi connectivity index (χ1n) is 11.9. The molecular weight excluding hydrogens is 386 g/mol. The molecule has 1 aliphatic carbocycles. The third-order valence-electron chi connectivity index (χ3n) is 6.86. The van der Waals surface area contributed by atoms with Gasteiger partial charge in [0.1, 0.15) is 0 Å². The lowest BCUT2D eigenvalue weighted by atomic mass is 9.86. The molecule has 32 heavy (non-hydrogen) atoms. The van der Waals surface area contributed by atoms with E-state index in [2.05, 4.69) is 116 Å². The molecule has 1 aliphatic rings. The summed E-state index contributed by atoms with van der Waals surface area (Å²) in [5.41, 5.74) is 10.7. The molecular formula is C31H31N. The van der Waals surface area contributed by atoms with Gasteiger partial charge in [0.25, 0.3) is 0 Å². The molecule has 5 rings (SSSR count). The van der Waals surface area contributed by atoms with Gasteiger partial charge in [-0.25, -0.2) is 0 Å². The number of nitrogens with zero attached hydrogens (tertiary/aromatic N) is 1. The van der Waals surface area contributed by atoms with Crippen molar-refractivity contribution in [3.05, 3.63) is 108 Å². The second-order valence-corrected chi connectivity index (χ2v) is 9.07. The van der Waals surface area contributed by atoms with Crippen LogP contribution in [0, 0.1) is 5.92 Å². The smallest absolute Gasteiger partial charge is 0.0411 e. The summed E-state index contributed by atoms with van der Waals surface area (Å²) in [6, 6.07) is 35.6. The van der Waals surface area contributed by atoms with Crippen LogP contribution in [0.25, 0.3) is 22.3 Å². The van der Waals surface area contributed by atoms with Gasteiger partial charge < -0.3 is 4.90 Å². The highest BCUT2D eigenvalue weighted by Crippen LogP contribution is 2.33. The zero-order valence-electron chi connectivity index (χ0n) is 19.1. The van der Waals surface area contributed by atoms with Gasteiger partial charge in [-0.3, -0.25) is 0 Å². The Morgan fingerprint density at radius 1 is 0.625 bits per heavy atom. The number of rotatable bonds is 7. The van der Waals surface area contributed by atoms with Crippen molar-refractivity contribution in [1.29, 1.82) is 0 Å². The molecule has 1 unspecified atom stereocenters. The van der Waals surface area contributed by atoms with E-state index in [1.807, 2.05) is 0 Å². The number of fused-ring (bicyclic) bond motifs is 1. The predicted molar refractivity (Wildman–Crippen MR) is 138 cm³/mol. The topological polar surface area (TPSA) is 3.24 Å². The Bertz CT molecular complexity index is 1170. The van der Waals surface area contributed by atoms with Crippen LogP contribution in [-0.2, 0) is 12.8 Å². The summed E-state index contributed by atoms with van der Waals surface area (Å²) in [6.45, 7) is 5.62. The molecule has 1 atom stereocenters. The molecule has 160 valence electrons. The van der Waals surface area contributed by atoms with Gasteiger partial charge in [0.05, 0.1) is 0 Å². The lowest BCUT2D eigenvalue weighted by Gasteiger charge is -2.28. The standard InChI is InChI=1S/C31H31N/c1-3-23(2)22-32(30-17-13-25(14-18-30)24-7-5-4-6-8-24)31-19-15-27(16-20-31)29-12-10-26-9-11-28(26)21-29/h4-8,10,12-21,23H,3,9,11,22H2,1-2H3. The van der Waals surface area contributed by atoms with Crippen molar-refractivity contribution in [1.82, 2.24) is 0 Å². The van der Waals surface area contributed by atoms with Crippen molar-refractivity contribution < 1.29 is 0 Å². The summed E-state index contributed by atoms with van der Waals surface area (Å²) in [4.78, 5) is 2.46. The summed E-state index contributed by atoms with van der Waals surface area (Å²) in [6.07, 6.45) is 3.64. The highest BCUT2D eigenvalue weighted by Gasteiger charge is 2.15. The molecule has 0 aromatic heterocycles. The van der Waals surface area contributed by atoms with Gasteiger partial charge >= 0.3 is 0 Å². The minimum Gasteiger partial charge on any atom is -0.341 e. The number of benzene rings is 4. The SMILES string of the molecule is CCC(C)CN(c1ccc(-c2ccccc2)cc1)c1ccc(-c2ccc3c(c2)CC3)cc1. The molecule has 4 aromatic carbocycles. The van der Waals surface area contributed by atoms with Gasteiger partial charge in [-0.15, -0.1) is 0 Å². The molecule has 1 heteroatoms. The van der Waals surface area contributed by atoms with Gasteiger partial charge in [-0.2, -0.15) is 0 Å². The summed E-state index contributed by atoms with van der Waals surface area (Å²) < 4.78 is 0. The first-order valence-corrected chi connectivity index (χ1v) is 11.9. The Hall–Kier alpha value is -3.32. The lowest BCUT2D eigenvalue weighted by molar-refractivity contribution is 0.568. The third-order valence-corrected chi connectivity index (χ3v) is 6.86. The van der Waals surface area contributed by atoms with E-state index in [9.17, 15) is 0 Å². The largest absolute Gasteiger partial charge is 0.341 e. The summed E-state index contributed by atoms with van der Waals surface area (Å²) >= 11 is 0. The number of anilines is 2. The fraction of sp³-hybridized carbons (Fsp3) is 0.226. The van der Waals surface area contributed by atoms with Gasteiger partial charge in [-0.05, 0) is 76.4 Å². The highest BCUT2D eigenvalue weighted by molar-refractivity contribution is 5.73. The van der Waals surface area contributed by atoms with Crippen molar-refractivity contribution >= 4 is 11.4 Å². The molecule has 0 aliphatic heterocycles. The third kappa shape index (κ3) is 4.21. The van der Waals surface area contributed by atoms with Crippen LogP contribution in [-0.4, -0.2) is 6.54 Å². The van der Waals surface area contributed by atoms with Gasteiger partial charge in [0, 0.05) is 17.9 Å². The molecule has 0 bridgehead atoms. The Balaban J connectivity index is 1.43. The van der Waals surface area contributed by atoms with E-state index < -0.39 is 0 Å². The van der Waals surface area contributed by atoms with Crippen LogP contribution < -0.4 is 4.90 Å². The fourth-order valence-electron chi connectivity index (χ4n) is 4.47. The maximum absolute atomic E-state index is 2.46. The van der Waals surface area contributed by atoms with E-state index in [-0.39, 0.29) is 0 Å². The molecule has 0 saturated carbocycles. The first-order chi connectivity index (χ1) is 15.7. The molecule has 0 fully saturated rings. The van der Waals surface area contributed by atoms with Crippen LogP contribution in [0.3, 0.4) is 0 Å². The average Bonchev–Trinajstić information content (AvgIpc) is 2.84. The van der Waals surface area contributed by atoms with Gasteiger partial charge in [0.15, 0.2) is 0 Å². The minimum absolute atomic E-state index is 0.622. The molecule has 0 heterocycles. The van der Waals surface area contributed by atoms with E-state index in [1.165, 1.54) is 64.0 Å². The maximum atomic E-state index is 2.46.